The van der Waals surface area contributed by atoms with E-state index in [-0.39, 0.29) is 34.8 Å². The maximum absolute atomic E-state index is 13.0. The van der Waals surface area contributed by atoms with Gasteiger partial charge in [-0.1, -0.05) is 18.5 Å². The zero-order valence-electron chi connectivity index (χ0n) is 14.7. The number of fused-ring (bicyclic) bond motifs is 1. The van der Waals surface area contributed by atoms with Gasteiger partial charge in [0.2, 0.25) is 11.2 Å². The normalized spacial score (nSPS) is 10.8. The van der Waals surface area contributed by atoms with Gasteiger partial charge in [-0.15, -0.1) is 0 Å². The smallest absolute Gasteiger partial charge is 0.378 e. The summed E-state index contributed by atoms with van der Waals surface area (Å²) in [5, 5.41) is 10.7. The zero-order valence-corrected chi connectivity index (χ0v) is 15.5. The molecular weight excluding hydrogens is 372 g/mol. The maximum atomic E-state index is 13.0. The lowest BCUT2D eigenvalue weighted by atomic mass is 10.1. The van der Waals surface area contributed by atoms with Crippen LogP contribution in [0.5, 0.6) is 17.2 Å². The van der Waals surface area contributed by atoms with Gasteiger partial charge < -0.3 is 19.0 Å². The molecule has 0 amide bonds. The third-order valence-corrected chi connectivity index (χ3v) is 4.18. The molecule has 2 aromatic carbocycles. The zero-order chi connectivity index (χ0) is 19.6. The highest BCUT2D eigenvalue weighted by Crippen LogP contribution is 2.30. The van der Waals surface area contributed by atoms with Crippen LogP contribution in [0.1, 0.15) is 30.0 Å². The summed E-state index contributed by atoms with van der Waals surface area (Å²) >= 11 is 5.86. The maximum Gasteiger partial charge on any atom is 0.378 e. The molecule has 0 saturated carbocycles. The molecule has 0 saturated heterocycles. The van der Waals surface area contributed by atoms with Crippen LogP contribution < -0.4 is 10.2 Å². The minimum Gasteiger partial charge on any atom is -0.508 e. The number of esters is 1. The van der Waals surface area contributed by atoms with Crippen molar-refractivity contribution >= 4 is 28.5 Å². The Morgan fingerprint density at radius 2 is 1.89 bits per heavy atom. The van der Waals surface area contributed by atoms with Gasteiger partial charge in [0.1, 0.15) is 17.1 Å². The average Bonchev–Trinajstić information content (AvgIpc) is 2.65. The largest absolute Gasteiger partial charge is 0.508 e. The number of phenolic OH excluding ortho intramolecular Hbond substituents is 1. The Morgan fingerprint density at radius 1 is 1.19 bits per heavy atom. The number of carbonyl (C=O) groups is 1. The van der Waals surface area contributed by atoms with Crippen LogP contribution in [0.3, 0.4) is 0 Å². The van der Waals surface area contributed by atoms with Gasteiger partial charge in [0.15, 0.2) is 0 Å². The topological polar surface area (TPSA) is 86.0 Å². The fourth-order valence-corrected chi connectivity index (χ4v) is 2.71. The minimum absolute atomic E-state index is 0.0191. The third kappa shape index (κ3) is 3.75. The van der Waals surface area contributed by atoms with Crippen LogP contribution in [0, 0.1) is 0 Å². The summed E-state index contributed by atoms with van der Waals surface area (Å²) < 4.78 is 16.2. The Labute approximate surface area is 159 Å². The Hall–Kier alpha value is -2.99. The van der Waals surface area contributed by atoms with E-state index in [0.29, 0.717) is 22.8 Å². The summed E-state index contributed by atoms with van der Waals surface area (Å²) in [6, 6.07) is 9.16. The SMILES string of the molecule is CCOC(=O)c1oc2cc(O)c(CC)cc2c(=O)c1Oc1ccc(Cl)cc1. The third-order valence-electron chi connectivity index (χ3n) is 3.93. The number of halogens is 1. The van der Waals surface area contributed by atoms with Crippen molar-refractivity contribution in [2.75, 3.05) is 6.61 Å². The molecule has 0 radical (unpaired) electrons. The minimum atomic E-state index is -0.834. The molecule has 3 aromatic rings. The van der Waals surface area contributed by atoms with E-state index in [1.807, 2.05) is 6.92 Å². The van der Waals surface area contributed by atoms with Crippen LogP contribution in [-0.2, 0) is 11.2 Å². The first kappa shape index (κ1) is 18.8. The lowest BCUT2D eigenvalue weighted by molar-refractivity contribution is 0.0486. The Morgan fingerprint density at radius 3 is 2.52 bits per heavy atom. The number of ether oxygens (including phenoxy) is 2. The Bertz CT molecular complexity index is 1050. The highest BCUT2D eigenvalue weighted by Gasteiger charge is 2.24. The summed E-state index contributed by atoms with van der Waals surface area (Å²) in [4.78, 5) is 25.3. The monoisotopic (exact) mass is 388 g/mol. The van der Waals surface area contributed by atoms with Gasteiger partial charge in [0, 0.05) is 11.1 Å². The molecule has 1 N–H and O–H groups in total. The van der Waals surface area contributed by atoms with Crippen LogP contribution in [0.2, 0.25) is 5.02 Å². The summed E-state index contributed by atoms with van der Waals surface area (Å²) in [6.45, 7) is 3.58. The summed E-state index contributed by atoms with van der Waals surface area (Å²) in [5.41, 5.74) is 0.112. The molecule has 1 heterocycles. The molecule has 0 atom stereocenters. The van der Waals surface area contributed by atoms with Gasteiger partial charge >= 0.3 is 5.97 Å². The molecule has 140 valence electrons. The van der Waals surface area contributed by atoms with Crippen molar-refractivity contribution in [1.29, 1.82) is 0 Å². The van der Waals surface area contributed by atoms with E-state index in [0.717, 1.165) is 0 Å². The Balaban J connectivity index is 2.23. The number of aromatic hydroxyl groups is 1. The molecule has 0 aliphatic heterocycles. The highest BCUT2D eigenvalue weighted by atomic mass is 35.5. The number of benzene rings is 2. The van der Waals surface area contributed by atoms with Crippen LogP contribution in [0.4, 0.5) is 0 Å². The van der Waals surface area contributed by atoms with Gasteiger partial charge in [-0.3, -0.25) is 4.79 Å². The summed E-state index contributed by atoms with van der Waals surface area (Å²) in [5.74, 6) is -1.19. The standard InChI is InChI=1S/C20H17ClO6/c1-3-11-9-14-16(10-15(11)22)27-19(20(24)25-4-2)18(17(14)23)26-13-7-5-12(21)6-8-13/h5-10,22H,3-4H2,1-2H3. The number of aryl methyl sites for hydroxylation is 1. The molecule has 6 nitrogen and oxygen atoms in total. The van der Waals surface area contributed by atoms with E-state index in [9.17, 15) is 14.7 Å². The first-order chi connectivity index (χ1) is 12.9. The average molecular weight is 389 g/mol. The summed E-state index contributed by atoms with van der Waals surface area (Å²) in [6.07, 6.45) is 0.522. The first-order valence-corrected chi connectivity index (χ1v) is 8.75. The molecule has 0 fully saturated rings. The molecule has 7 heteroatoms. The van der Waals surface area contributed by atoms with Crippen molar-refractivity contribution in [1.82, 2.24) is 0 Å². The first-order valence-electron chi connectivity index (χ1n) is 8.37. The van der Waals surface area contributed by atoms with Gasteiger partial charge in [-0.05, 0) is 49.2 Å². The molecule has 0 aliphatic carbocycles. The van der Waals surface area contributed by atoms with E-state index in [1.54, 1.807) is 31.2 Å². The van der Waals surface area contributed by atoms with E-state index in [2.05, 4.69) is 0 Å². The van der Waals surface area contributed by atoms with Crippen molar-refractivity contribution in [2.24, 2.45) is 0 Å². The summed E-state index contributed by atoms with van der Waals surface area (Å²) in [7, 11) is 0. The molecular formula is C20H17ClO6. The van der Waals surface area contributed by atoms with Crippen molar-refractivity contribution in [3.05, 3.63) is 63.0 Å². The van der Waals surface area contributed by atoms with E-state index in [4.69, 9.17) is 25.5 Å². The molecule has 27 heavy (non-hydrogen) atoms. The predicted octanol–water partition coefficient (Wildman–Crippen LogP) is 4.68. The number of hydrogen-bond donors (Lipinski definition) is 1. The van der Waals surface area contributed by atoms with Crippen molar-refractivity contribution < 1.29 is 23.8 Å². The van der Waals surface area contributed by atoms with Crippen molar-refractivity contribution in [3.8, 4) is 17.2 Å². The molecule has 0 aliphatic rings. The van der Waals surface area contributed by atoms with Gasteiger partial charge in [-0.2, -0.15) is 0 Å². The van der Waals surface area contributed by atoms with Crippen LogP contribution in [0.25, 0.3) is 11.0 Å². The second kappa shape index (κ2) is 7.72. The number of rotatable bonds is 5. The lowest BCUT2D eigenvalue weighted by Crippen LogP contribution is -2.14. The number of carbonyl (C=O) groups excluding carboxylic acids is 1. The van der Waals surface area contributed by atoms with E-state index in [1.165, 1.54) is 12.1 Å². The fourth-order valence-electron chi connectivity index (χ4n) is 2.58. The second-order valence-corrected chi connectivity index (χ2v) is 6.13. The quantitative estimate of drug-likeness (QED) is 0.638. The van der Waals surface area contributed by atoms with Crippen LogP contribution >= 0.6 is 11.6 Å². The van der Waals surface area contributed by atoms with Crippen molar-refractivity contribution in [2.45, 2.75) is 20.3 Å². The molecule has 3 rings (SSSR count). The predicted molar refractivity (Wildman–Crippen MR) is 101 cm³/mol. The van der Waals surface area contributed by atoms with Crippen LogP contribution in [-0.4, -0.2) is 17.7 Å². The van der Waals surface area contributed by atoms with Gasteiger partial charge in [-0.25, -0.2) is 4.79 Å². The van der Waals surface area contributed by atoms with Gasteiger partial charge in [0.25, 0.3) is 5.76 Å². The number of phenols is 1. The highest BCUT2D eigenvalue weighted by molar-refractivity contribution is 6.30. The molecule has 0 spiro atoms. The Kier molecular flexibility index (Phi) is 5.37. The molecule has 0 unspecified atom stereocenters. The van der Waals surface area contributed by atoms with E-state index >= 15 is 0 Å². The van der Waals surface area contributed by atoms with Gasteiger partial charge in [0.05, 0.1) is 12.0 Å². The molecule has 1 aromatic heterocycles. The fraction of sp³-hybridized carbons (Fsp3) is 0.200. The van der Waals surface area contributed by atoms with Crippen LogP contribution in [0.15, 0.2) is 45.6 Å². The van der Waals surface area contributed by atoms with Crippen molar-refractivity contribution in [3.63, 3.8) is 0 Å². The second-order valence-electron chi connectivity index (χ2n) is 5.70. The number of hydrogen-bond acceptors (Lipinski definition) is 6. The molecule has 0 bridgehead atoms. The lowest BCUT2D eigenvalue weighted by Gasteiger charge is -2.11. The van der Waals surface area contributed by atoms with E-state index < -0.39 is 11.4 Å².